The molecule has 0 atom stereocenters. The van der Waals surface area contributed by atoms with Crippen molar-refractivity contribution in [2.75, 3.05) is 5.32 Å². The number of anilines is 1. The van der Waals surface area contributed by atoms with Crippen LogP contribution in [0.15, 0.2) is 72.9 Å². The number of nitrogens with zero attached hydrogens (tertiary/aromatic N) is 1. The zero-order chi connectivity index (χ0) is 19.9. The molecule has 3 rings (SSSR count). The highest BCUT2D eigenvalue weighted by atomic mass is 35.5. The van der Waals surface area contributed by atoms with Crippen molar-refractivity contribution in [2.45, 2.75) is 0 Å². The molecule has 2 aromatic carbocycles. The molecule has 1 heterocycles. The number of carbonyl (C=O) groups is 2. The van der Waals surface area contributed by atoms with Gasteiger partial charge in [0.2, 0.25) is 0 Å². The fourth-order valence-electron chi connectivity index (χ4n) is 2.48. The lowest BCUT2D eigenvalue weighted by molar-refractivity contribution is -0.124. The molecule has 0 aliphatic carbocycles. The second-order valence-corrected chi connectivity index (χ2v) is 6.20. The van der Waals surface area contributed by atoms with Crippen LogP contribution < -0.4 is 10.8 Å². The van der Waals surface area contributed by atoms with E-state index in [9.17, 15) is 9.59 Å². The Bertz CT molecular complexity index is 1020. The van der Waals surface area contributed by atoms with E-state index in [-0.39, 0.29) is 5.91 Å². The van der Waals surface area contributed by atoms with Crippen LogP contribution in [-0.4, -0.2) is 22.0 Å². The SMILES string of the molecule is O=C(/C=C/c1ccc(C(=O)Nc2ccc(Cl)c(-c3ccccn3)c2)cc1)NO. The predicted octanol–water partition coefficient (Wildman–Crippen LogP) is 4.17. The summed E-state index contributed by atoms with van der Waals surface area (Å²) < 4.78 is 0. The zero-order valence-corrected chi connectivity index (χ0v) is 15.4. The summed E-state index contributed by atoms with van der Waals surface area (Å²) in [6, 6.07) is 17.4. The van der Waals surface area contributed by atoms with Crippen molar-refractivity contribution < 1.29 is 14.8 Å². The highest BCUT2D eigenvalue weighted by Gasteiger charge is 2.10. The molecule has 0 aliphatic heterocycles. The summed E-state index contributed by atoms with van der Waals surface area (Å²) in [7, 11) is 0. The second kappa shape index (κ2) is 8.94. The third-order valence-corrected chi connectivity index (χ3v) is 4.20. The smallest absolute Gasteiger partial charge is 0.267 e. The zero-order valence-electron chi connectivity index (χ0n) is 14.6. The molecular formula is C21H16ClN3O3. The molecule has 0 spiro atoms. The van der Waals surface area contributed by atoms with Gasteiger partial charge in [-0.2, -0.15) is 0 Å². The number of benzene rings is 2. The first kappa shape index (κ1) is 19.3. The van der Waals surface area contributed by atoms with Crippen molar-refractivity contribution in [3.63, 3.8) is 0 Å². The van der Waals surface area contributed by atoms with Gasteiger partial charge < -0.3 is 5.32 Å². The molecule has 0 saturated carbocycles. The minimum Gasteiger partial charge on any atom is -0.322 e. The van der Waals surface area contributed by atoms with E-state index in [0.717, 1.165) is 5.56 Å². The van der Waals surface area contributed by atoms with Gasteiger partial charge >= 0.3 is 0 Å². The Balaban J connectivity index is 1.74. The number of aromatic nitrogens is 1. The maximum absolute atomic E-state index is 12.5. The monoisotopic (exact) mass is 393 g/mol. The largest absolute Gasteiger partial charge is 0.322 e. The van der Waals surface area contributed by atoms with Gasteiger partial charge in [-0.1, -0.05) is 29.8 Å². The Hall–Kier alpha value is -3.48. The fourth-order valence-corrected chi connectivity index (χ4v) is 2.69. The average molecular weight is 394 g/mol. The first-order valence-corrected chi connectivity index (χ1v) is 8.69. The van der Waals surface area contributed by atoms with Gasteiger partial charge in [0.05, 0.1) is 10.7 Å². The summed E-state index contributed by atoms with van der Waals surface area (Å²) in [6.45, 7) is 0. The van der Waals surface area contributed by atoms with Gasteiger partial charge in [-0.3, -0.25) is 19.8 Å². The van der Waals surface area contributed by atoms with Crippen molar-refractivity contribution >= 4 is 35.2 Å². The third-order valence-electron chi connectivity index (χ3n) is 3.88. The van der Waals surface area contributed by atoms with Crippen LogP contribution in [-0.2, 0) is 4.79 Å². The number of carbonyl (C=O) groups excluding carboxylic acids is 2. The first-order chi connectivity index (χ1) is 13.6. The molecule has 1 aromatic heterocycles. The van der Waals surface area contributed by atoms with Crippen LogP contribution in [0.25, 0.3) is 17.3 Å². The fraction of sp³-hybridized carbons (Fsp3) is 0. The Morgan fingerprint density at radius 2 is 1.82 bits per heavy atom. The lowest BCUT2D eigenvalue weighted by atomic mass is 10.1. The van der Waals surface area contributed by atoms with Gasteiger partial charge in [-0.25, -0.2) is 5.48 Å². The van der Waals surface area contributed by atoms with Gasteiger partial charge in [0.25, 0.3) is 11.8 Å². The molecule has 3 N–H and O–H groups in total. The highest BCUT2D eigenvalue weighted by Crippen LogP contribution is 2.29. The normalized spacial score (nSPS) is 10.6. The van der Waals surface area contributed by atoms with E-state index in [2.05, 4.69) is 10.3 Å². The first-order valence-electron chi connectivity index (χ1n) is 8.31. The van der Waals surface area contributed by atoms with Gasteiger partial charge in [0, 0.05) is 29.1 Å². The van der Waals surface area contributed by atoms with E-state index in [1.807, 2.05) is 18.2 Å². The number of hydrogen-bond acceptors (Lipinski definition) is 4. The molecule has 7 heteroatoms. The number of hydrogen-bond donors (Lipinski definition) is 3. The molecule has 0 radical (unpaired) electrons. The van der Waals surface area contributed by atoms with E-state index in [4.69, 9.17) is 16.8 Å². The second-order valence-electron chi connectivity index (χ2n) is 5.80. The molecule has 3 aromatic rings. The molecule has 2 amide bonds. The van der Waals surface area contributed by atoms with Crippen LogP contribution in [0.4, 0.5) is 5.69 Å². The highest BCUT2D eigenvalue weighted by molar-refractivity contribution is 6.33. The molecule has 0 aliphatic rings. The van der Waals surface area contributed by atoms with E-state index in [0.29, 0.717) is 27.5 Å². The van der Waals surface area contributed by atoms with Gasteiger partial charge in [0.1, 0.15) is 0 Å². The minimum absolute atomic E-state index is 0.280. The average Bonchev–Trinajstić information content (AvgIpc) is 2.74. The molecule has 0 unspecified atom stereocenters. The van der Waals surface area contributed by atoms with Gasteiger partial charge in [0.15, 0.2) is 0 Å². The van der Waals surface area contributed by atoms with Crippen LogP contribution in [0, 0.1) is 0 Å². The number of pyridine rings is 1. The quantitative estimate of drug-likeness (QED) is 0.344. The summed E-state index contributed by atoms with van der Waals surface area (Å²) in [5.74, 6) is -0.911. The maximum atomic E-state index is 12.5. The van der Waals surface area contributed by atoms with E-state index < -0.39 is 5.91 Å². The van der Waals surface area contributed by atoms with E-state index in [1.54, 1.807) is 48.7 Å². The number of amides is 2. The lowest BCUT2D eigenvalue weighted by Gasteiger charge is -2.09. The summed E-state index contributed by atoms with van der Waals surface area (Å²) in [5, 5.41) is 11.8. The minimum atomic E-state index is -0.631. The molecule has 140 valence electrons. The van der Waals surface area contributed by atoms with Gasteiger partial charge in [-0.15, -0.1) is 0 Å². The number of rotatable bonds is 5. The number of nitrogens with one attached hydrogen (secondary N) is 2. The maximum Gasteiger partial charge on any atom is 0.267 e. The lowest BCUT2D eigenvalue weighted by Crippen LogP contribution is -2.14. The van der Waals surface area contributed by atoms with Crippen molar-refractivity contribution in [3.8, 4) is 11.3 Å². The van der Waals surface area contributed by atoms with Crippen LogP contribution in [0.3, 0.4) is 0 Å². The number of hydroxylamine groups is 1. The van der Waals surface area contributed by atoms with Crippen molar-refractivity contribution in [3.05, 3.63) is 89.1 Å². The Kier molecular flexibility index (Phi) is 6.16. The molecule has 6 nitrogen and oxygen atoms in total. The van der Waals surface area contributed by atoms with E-state index in [1.165, 1.54) is 17.6 Å². The van der Waals surface area contributed by atoms with Crippen LogP contribution in [0.1, 0.15) is 15.9 Å². The molecular weight excluding hydrogens is 378 g/mol. The summed E-state index contributed by atoms with van der Waals surface area (Å²) >= 11 is 6.26. The van der Waals surface area contributed by atoms with Crippen LogP contribution >= 0.6 is 11.6 Å². The predicted molar refractivity (Wildman–Crippen MR) is 108 cm³/mol. The van der Waals surface area contributed by atoms with Crippen molar-refractivity contribution in [2.24, 2.45) is 0 Å². The summed E-state index contributed by atoms with van der Waals surface area (Å²) in [6.07, 6.45) is 4.38. The topological polar surface area (TPSA) is 91.3 Å². The Labute approximate surface area is 166 Å². The van der Waals surface area contributed by atoms with Crippen molar-refractivity contribution in [1.29, 1.82) is 0 Å². The van der Waals surface area contributed by atoms with E-state index >= 15 is 0 Å². The molecule has 0 fully saturated rings. The Morgan fingerprint density at radius 1 is 1.04 bits per heavy atom. The molecule has 28 heavy (non-hydrogen) atoms. The molecule has 0 saturated heterocycles. The van der Waals surface area contributed by atoms with Gasteiger partial charge in [-0.05, 0) is 54.1 Å². The Morgan fingerprint density at radius 3 is 2.50 bits per heavy atom. The summed E-state index contributed by atoms with van der Waals surface area (Å²) in [5.41, 5.74) is 4.71. The van der Waals surface area contributed by atoms with Crippen LogP contribution in [0.5, 0.6) is 0 Å². The third kappa shape index (κ3) is 4.82. The summed E-state index contributed by atoms with van der Waals surface area (Å²) in [4.78, 5) is 27.8. The number of halogens is 1. The van der Waals surface area contributed by atoms with Crippen molar-refractivity contribution in [1.82, 2.24) is 10.5 Å². The standard InChI is InChI=1S/C21H16ClN3O3/c22-18-10-9-16(13-17(18)19-3-1-2-12-23-19)24-21(27)15-7-4-14(5-8-15)6-11-20(26)25-28/h1-13,28H,(H,24,27)(H,25,26)/b11-6+. The van der Waals surface area contributed by atoms with Crippen LogP contribution in [0.2, 0.25) is 5.02 Å². The molecule has 0 bridgehead atoms.